The maximum Gasteiger partial charge on any atom is 0.0272 e. The monoisotopic (exact) mass is 278 g/mol. The molecule has 2 aromatic rings. The van der Waals surface area contributed by atoms with Crippen molar-refractivity contribution in [1.82, 2.24) is 0 Å². The van der Waals surface area contributed by atoms with Crippen LogP contribution in [0.15, 0.2) is 60.7 Å². The van der Waals surface area contributed by atoms with Crippen molar-refractivity contribution in [3.05, 3.63) is 71.8 Å². The molecule has 0 radical (unpaired) electrons. The van der Waals surface area contributed by atoms with Gasteiger partial charge in [-0.05, 0) is 17.0 Å². The van der Waals surface area contributed by atoms with Gasteiger partial charge in [-0.15, -0.1) is 23.2 Å². The molecule has 0 saturated carbocycles. The quantitative estimate of drug-likeness (QED) is 0.682. The summed E-state index contributed by atoms with van der Waals surface area (Å²) >= 11 is 12.2. The molecule has 2 rings (SSSR count). The number of rotatable bonds is 5. The molecule has 0 nitrogen and oxygen atoms in total. The van der Waals surface area contributed by atoms with Gasteiger partial charge in [0.1, 0.15) is 0 Å². The molecule has 0 spiro atoms. The average Bonchev–Trinajstić information content (AvgIpc) is 2.46. The first-order valence-corrected chi connectivity index (χ1v) is 7.15. The maximum atomic E-state index is 6.08. The maximum absolute atomic E-state index is 6.08. The van der Waals surface area contributed by atoms with Crippen LogP contribution in [0.4, 0.5) is 0 Å². The molecule has 18 heavy (non-hydrogen) atoms. The van der Waals surface area contributed by atoms with E-state index in [1.54, 1.807) is 0 Å². The van der Waals surface area contributed by atoms with E-state index in [4.69, 9.17) is 23.2 Å². The minimum Gasteiger partial charge on any atom is -0.126 e. The van der Waals surface area contributed by atoms with Gasteiger partial charge in [-0.3, -0.25) is 0 Å². The van der Waals surface area contributed by atoms with E-state index in [2.05, 4.69) is 48.5 Å². The van der Waals surface area contributed by atoms with E-state index in [0.29, 0.717) is 11.8 Å². The van der Waals surface area contributed by atoms with Crippen LogP contribution < -0.4 is 0 Å². The summed E-state index contributed by atoms with van der Waals surface area (Å²) in [6.45, 7) is 0. The van der Waals surface area contributed by atoms with Crippen molar-refractivity contribution in [1.29, 1.82) is 0 Å². The van der Waals surface area contributed by atoms with Crippen LogP contribution in [0.2, 0.25) is 0 Å². The predicted molar refractivity (Wildman–Crippen MR) is 79.7 cm³/mol. The number of hydrogen-bond acceptors (Lipinski definition) is 0. The molecule has 0 aliphatic heterocycles. The Morgan fingerprint density at radius 3 is 1.39 bits per heavy atom. The lowest BCUT2D eigenvalue weighted by Gasteiger charge is -2.25. The zero-order chi connectivity index (χ0) is 12.8. The Bertz CT molecular complexity index is 410. The number of halogens is 2. The van der Waals surface area contributed by atoms with Gasteiger partial charge in [-0.25, -0.2) is 0 Å². The summed E-state index contributed by atoms with van der Waals surface area (Å²) in [6.07, 6.45) is 0. The summed E-state index contributed by atoms with van der Waals surface area (Å²) in [4.78, 5) is 0. The summed E-state index contributed by atoms with van der Waals surface area (Å²) in [6, 6.07) is 20.9. The van der Waals surface area contributed by atoms with Crippen LogP contribution in [-0.2, 0) is 0 Å². The molecule has 0 heterocycles. The normalized spacial score (nSPS) is 11.1. The molecule has 0 unspecified atom stereocenters. The molecule has 0 fully saturated rings. The largest absolute Gasteiger partial charge is 0.126 e. The van der Waals surface area contributed by atoms with Gasteiger partial charge >= 0.3 is 0 Å². The molecule has 0 aliphatic rings. The van der Waals surface area contributed by atoms with Crippen molar-refractivity contribution in [3.8, 4) is 0 Å². The van der Waals surface area contributed by atoms with Crippen molar-refractivity contribution in [2.24, 2.45) is 5.92 Å². The van der Waals surface area contributed by atoms with Gasteiger partial charge < -0.3 is 0 Å². The van der Waals surface area contributed by atoms with Crippen molar-refractivity contribution in [2.75, 3.05) is 11.8 Å². The Balaban J connectivity index is 2.41. The molecule has 0 atom stereocenters. The Morgan fingerprint density at radius 1 is 0.667 bits per heavy atom. The van der Waals surface area contributed by atoms with Crippen molar-refractivity contribution in [3.63, 3.8) is 0 Å². The first-order chi connectivity index (χ1) is 8.86. The van der Waals surface area contributed by atoms with E-state index in [1.165, 1.54) is 11.1 Å². The van der Waals surface area contributed by atoms with Gasteiger partial charge in [0, 0.05) is 17.7 Å². The smallest absolute Gasteiger partial charge is 0.0272 e. The summed E-state index contributed by atoms with van der Waals surface area (Å²) in [7, 11) is 0. The van der Waals surface area contributed by atoms with Crippen molar-refractivity contribution >= 4 is 23.2 Å². The third-order valence-corrected chi connectivity index (χ3v) is 3.98. The van der Waals surface area contributed by atoms with E-state index >= 15 is 0 Å². The van der Waals surface area contributed by atoms with Crippen LogP contribution in [-0.4, -0.2) is 11.8 Å². The number of alkyl halides is 2. The van der Waals surface area contributed by atoms with Crippen molar-refractivity contribution in [2.45, 2.75) is 5.92 Å². The lowest BCUT2D eigenvalue weighted by atomic mass is 9.82. The molecule has 2 heteroatoms. The highest BCUT2D eigenvalue weighted by Gasteiger charge is 2.23. The van der Waals surface area contributed by atoms with Crippen LogP contribution in [0.3, 0.4) is 0 Å². The highest BCUT2D eigenvalue weighted by Crippen LogP contribution is 2.33. The summed E-state index contributed by atoms with van der Waals surface area (Å²) in [5, 5.41) is 0. The average molecular weight is 279 g/mol. The lowest BCUT2D eigenvalue weighted by molar-refractivity contribution is 0.576. The second kappa shape index (κ2) is 6.82. The Morgan fingerprint density at radius 2 is 1.06 bits per heavy atom. The fraction of sp³-hybridized carbons (Fsp3) is 0.250. The van der Waals surface area contributed by atoms with E-state index in [9.17, 15) is 0 Å². The van der Waals surface area contributed by atoms with Crippen LogP contribution >= 0.6 is 23.2 Å². The van der Waals surface area contributed by atoms with E-state index < -0.39 is 0 Å². The van der Waals surface area contributed by atoms with Gasteiger partial charge in [0.15, 0.2) is 0 Å². The third kappa shape index (κ3) is 3.07. The topological polar surface area (TPSA) is 0 Å². The molecule has 0 amide bonds. The van der Waals surface area contributed by atoms with Gasteiger partial charge in [-0.2, -0.15) is 0 Å². The van der Waals surface area contributed by atoms with Gasteiger partial charge in [-0.1, -0.05) is 60.7 Å². The van der Waals surface area contributed by atoms with Crippen molar-refractivity contribution < 1.29 is 0 Å². The van der Waals surface area contributed by atoms with Crippen LogP contribution in [0.1, 0.15) is 17.0 Å². The fourth-order valence-corrected chi connectivity index (χ4v) is 2.96. The molecule has 0 aromatic heterocycles. The molecule has 94 valence electrons. The highest BCUT2D eigenvalue weighted by atomic mass is 35.5. The molecular weight excluding hydrogens is 263 g/mol. The highest BCUT2D eigenvalue weighted by molar-refractivity contribution is 6.21. The van der Waals surface area contributed by atoms with Crippen LogP contribution in [0.25, 0.3) is 0 Å². The van der Waals surface area contributed by atoms with E-state index in [-0.39, 0.29) is 11.8 Å². The van der Waals surface area contributed by atoms with Gasteiger partial charge in [0.05, 0.1) is 0 Å². The van der Waals surface area contributed by atoms with Crippen LogP contribution in [0, 0.1) is 5.92 Å². The minimum atomic E-state index is 0.248. The predicted octanol–water partition coefficient (Wildman–Crippen LogP) is 4.91. The molecular formula is C16H16Cl2. The summed E-state index contributed by atoms with van der Waals surface area (Å²) in [5.41, 5.74) is 2.55. The van der Waals surface area contributed by atoms with Gasteiger partial charge in [0.2, 0.25) is 0 Å². The molecule has 0 bridgehead atoms. The molecule has 0 N–H and O–H groups in total. The first-order valence-electron chi connectivity index (χ1n) is 6.08. The first kappa shape index (κ1) is 13.5. The SMILES string of the molecule is ClCC(CCl)C(c1ccccc1)c1ccccc1. The fourth-order valence-electron chi connectivity index (χ4n) is 2.28. The second-order valence-corrected chi connectivity index (χ2v) is 4.98. The number of hydrogen-bond donors (Lipinski definition) is 0. The Kier molecular flexibility index (Phi) is 5.10. The standard InChI is InChI=1S/C16H16Cl2/c17-11-15(12-18)16(13-7-3-1-4-8-13)14-9-5-2-6-10-14/h1-10,15-16H,11-12H2. The minimum absolute atomic E-state index is 0.248. The molecule has 2 aromatic carbocycles. The van der Waals surface area contributed by atoms with E-state index in [0.717, 1.165) is 0 Å². The molecule has 0 aliphatic carbocycles. The Labute approximate surface area is 119 Å². The van der Waals surface area contributed by atoms with E-state index in [1.807, 2.05) is 12.1 Å². The third-order valence-electron chi connectivity index (χ3n) is 3.19. The summed E-state index contributed by atoms with van der Waals surface area (Å²) in [5.74, 6) is 1.65. The number of benzene rings is 2. The molecule has 0 saturated heterocycles. The second-order valence-electron chi connectivity index (χ2n) is 4.37. The zero-order valence-electron chi connectivity index (χ0n) is 10.1. The lowest BCUT2D eigenvalue weighted by Crippen LogP contribution is -2.17. The van der Waals surface area contributed by atoms with Gasteiger partial charge in [0.25, 0.3) is 0 Å². The van der Waals surface area contributed by atoms with Crippen LogP contribution in [0.5, 0.6) is 0 Å². The Hall–Kier alpha value is -0.980. The summed E-state index contributed by atoms with van der Waals surface area (Å²) < 4.78 is 0. The zero-order valence-corrected chi connectivity index (χ0v) is 11.6.